The lowest BCUT2D eigenvalue weighted by molar-refractivity contribution is 0.102. The van der Waals surface area contributed by atoms with Gasteiger partial charge in [0.05, 0.1) is 22.0 Å². The van der Waals surface area contributed by atoms with E-state index in [0.29, 0.717) is 29.4 Å². The van der Waals surface area contributed by atoms with Gasteiger partial charge in [-0.05, 0) is 42.8 Å². The van der Waals surface area contributed by atoms with Crippen LogP contribution in [-0.2, 0) is 10.0 Å². The Labute approximate surface area is 150 Å². The maximum Gasteiger partial charge on any atom is 0.257 e. The number of nitrogens with zero attached hydrogens (tertiary/aromatic N) is 1. The monoisotopic (exact) mass is 384 g/mol. The molecule has 1 saturated heterocycles. The number of benzene rings is 2. The van der Waals surface area contributed by atoms with Crippen LogP contribution in [0.4, 0.5) is 11.4 Å². The van der Waals surface area contributed by atoms with E-state index in [1.165, 1.54) is 16.4 Å². The lowest BCUT2D eigenvalue weighted by Gasteiger charge is -2.18. The summed E-state index contributed by atoms with van der Waals surface area (Å²) >= 11 is 12.0. The van der Waals surface area contributed by atoms with Gasteiger partial charge < -0.3 is 5.32 Å². The van der Waals surface area contributed by atoms with Gasteiger partial charge in [-0.25, -0.2) is 8.42 Å². The highest BCUT2D eigenvalue weighted by molar-refractivity contribution is 7.93. The van der Waals surface area contributed by atoms with Gasteiger partial charge >= 0.3 is 0 Å². The molecule has 1 amide bonds. The molecule has 1 aliphatic rings. The van der Waals surface area contributed by atoms with E-state index in [4.69, 9.17) is 23.2 Å². The third-order valence-electron chi connectivity index (χ3n) is 3.66. The normalized spacial score (nSPS) is 16.2. The van der Waals surface area contributed by atoms with Crippen molar-refractivity contribution in [3.05, 3.63) is 58.1 Å². The van der Waals surface area contributed by atoms with E-state index in [-0.39, 0.29) is 16.3 Å². The van der Waals surface area contributed by atoms with Gasteiger partial charge in [0, 0.05) is 17.3 Å². The summed E-state index contributed by atoms with van der Waals surface area (Å²) in [5, 5.41) is 3.44. The molecule has 0 aliphatic carbocycles. The van der Waals surface area contributed by atoms with Crippen LogP contribution < -0.4 is 9.62 Å². The first kappa shape index (κ1) is 17.1. The first-order valence-electron chi connectivity index (χ1n) is 7.24. The van der Waals surface area contributed by atoms with E-state index in [9.17, 15) is 13.2 Å². The molecule has 5 nitrogen and oxygen atoms in total. The van der Waals surface area contributed by atoms with Gasteiger partial charge in [0.15, 0.2) is 0 Å². The van der Waals surface area contributed by atoms with Gasteiger partial charge in [-0.1, -0.05) is 29.3 Å². The molecule has 0 aromatic heterocycles. The van der Waals surface area contributed by atoms with Crippen molar-refractivity contribution < 1.29 is 13.2 Å². The summed E-state index contributed by atoms with van der Waals surface area (Å²) < 4.78 is 25.4. The van der Waals surface area contributed by atoms with E-state index < -0.39 is 15.9 Å². The lowest BCUT2D eigenvalue weighted by atomic mass is 10.1. The number of sulfonamides is 1. The molecule has 1 aliphatic heterocycles. The van der Waals surface area contributed by atoms with Crippen LogP contribution in [0.5, 0.6) is 0 Å². The fourth-order valence-electron chi connectivity index (χ4n) is 2.54. The molecule has 0 radical (unpaired) electrons. The Bertz CT molecular complexity index is 900. The molecule has 1 fully saturated rings. The van der Waals surface area contributed by atoms with Gasteiger partial charge in [0.2, 0.25) is 10.0 Å². The van der Waals surface area contributed by atoms with Crippen molar-refractivity contribution in [2.24, 2.45) is 0 Å². The highest BCUT2D eigenvalue weighted by Crippen LogP contribution is 2.29. The molecule has 0 bridgehead atoms. The number of carbonyl (C=O) groups excluding carboxylic acids is 1. The Balaban J connectivity index is 1.90. The minimum atomic E-state index is -3.32. The average molecular weight is 385 g/mol. The Morgan fingerprint density at radius 2 is 1.92 bits per heavy atom. The van der Waals surface area contributed by atoms with E-state index in [1.54, 1.807) is 30.3 Å². The zero-order valence-corrected chi connectivity index (χ0v) is 14.8. The van der Waals surface area contributed by atoms with Crippen molar-refractivity contribution in [1.29, 1.82) is 0 Å². The number of nitrogens with one attached hydrogen (secondary N) is 1. The van der Waals surface area contributed by atoms with Crippen molar-refractivity contribution in [3.63, 3.8) is 0 Å². The summed E-state index contributed by atoms with van der Waals surface area (Å²) in [7, 11) is -3.32. The topological polar surface area (TPSA) is 66.5 Å². The summed E-state index contributed by atoms with van der Waals surface area (Å²) in [6.07, 6.45) is 0.564. The Kier molecular flexibility index (Phi) is 4.71. The summed E-state index contributed by atoms with van der Waals surface area (Å²) in [6, 6.07) is 11.3. The van der Waals surface area contributed by atoms with E-state index >= 15 is 0 Å². The summed E-state index contributed by atoms with van der Waals surface area (Å²) in [4.78, 5) is 12.5. The van der Waals surface area contributed by atoms with Crippen LogP contribution in [0.3, 0.4) is 0 Å². The predicted octanol–water partition coefficient (Wildman–Crippen LogP) is 3.79. The highest BCUT2D eigenvalue weighted by atomic mass is 35.5. The number of halogens is 2. The molecular weight excluding hydrogens is 371 g/mol. The minimum Gasteiger partial charge on any atom is -0.322 e. The maximum absolute atomic E-state index is 12.5. The zero-order chi connectivity index (χ0) is 17.3. The van der Waals surface area contributed by atoms with E-state index in [1.807, 2.05) is 0 Å². The third-order valence-corrected chi connectivity index (χ3v) is 6.10. The lowest BCUT2D eigenvalue weighted by Crippen LogP contribution is -2.25. The van der Waals surface area contributed by atoms with Crippen LogP contribution in [0.1, 0.15) is 16.8 Å². The largest absolute Gasteiger partial charge is 0.322 e. The van der Waals surface area contributed by atoms with Gasteiger partial charge in [-0.15, -0.1) is 0 Å². The van der Waals surface area contributed by atoms with Crippen molar-refractivity contribution in [1.82, 2.24) is 0 Å². The molecule has 8 heteroatoms. The molecule has 1 N–H and O–H groups in total. The predicted molar refractivity (Wildman–Crippen MR) is 96.6 cm³/mol. The van der Waals surface area contributed by atoms with Crippen LogP contribution >= 0.6 is 23.2 Å². The molecule has 126 valence electrons. The summed E-state index contributed by atoms with van der Waals surface area (Å²) in [5.74, 6) is -0.319. The SMILES string of the molecule is O=C(Nc1cccc(Cl)c1)c1cc(N2CCCS2(=O)=O)ccc1Cl. The smallest absolute Gasteiger partial charge is 0.257 e. The fourth-order valence-corrected chi connectivity index (χ4v) is 4.49. The molecule has 2 aromatic carbocycles. The highest BCUT2D eigenvalue weighted by Gasteiger charge is 2.29. The van der Waals surface area contributed by atoms with Crippen molar-refractivity contribution in [3.8, 4) is 0 Å². The Hall–Kier alpha value is -1.76. The maximum atomic E-state index is 12.5. The third kappa shape index (κ3) is 3.50. The molecule has 0 spiro atoms. The average Bonchev–Trinajstić information content (AvgIpc) is 2.87. The first-order valence-corrected chi connectivity index (χ1v) is 9.60. The van der Waals surface area contributed by atoms with Gasteiger partial charge in [-0.3, -0.25) is 9.10 Å². The molecule has 0 atom stereocenters. The second-order valence-electron chi connectivity index (χ2n) is 5.37. The van der Waals surface area contributed by atoms with Crippen LogP contribution in [0.2, 0.25) is 10.0 Å². The molecule has 2 aromatic rings. The second kappa shape index (κ2) is 6.63. The number of rotatable bonds is 3. The van der Waals surface area contributed by atoms with Gasteiger partial charge in [0.25, 0.3) is 5.91 Å². The fraction of sp³-hybridized carbons (Fsp3) is 0.188. The zero-order valence-electron chi connectivity index (χ0n) is 12.5. The first-order chi connectivity index (χ1) is 11.4. The van der Waals surface area contributed by atoms with Crippen molar-refractivity contribution in [2.45, 2.75) is 6.42 Å². The molecule has 24 heavy (non-hydrogen) atoms. The molecule has 1 heterocycles. The van der Waals surface area contributed by atoms with E-state index in [0.717, 1.165) is 0 Å². The Morgan fingerprint density at radius 3 is 2.58 bits per heavy atom. The van der Waals surface area contributed by atoms with Gasteiger partial charge in [0.1, 0.15) is 0 Å². The molecule has 3 rings (SSSR count). The number of anilines is 2. The summed E-state index contributed by atoms with van der Waals surface area (Å²) in [6.45, 7) is 0.402. The van der Waals surface area contributed by atoms with Crippen LogP contribution in [0.25, 0.3) is 0 Å². The quantitative estimate of drug-likeness (QED) is 0.875. The van der Waals surface area contributed by atoms with Crippen molar-refractivity contribution >= 4 is 50.5 Å². The molecular formula is C16H14Cl2N2O3S. The van der Waals surface area contributed by atoms with Crippen LogP contribution in [0, 0.1) is 0 Å². The minimum absolute atomic E-state index is 0.111. The Morgan fingerprint density at radius 1 is 1.12 bits per heavy atom. The second-order valence-corrected chi connectivity index (χ2v) is 8.23. The number of hydrogen-bond acceptors (Lipinski definition) is 3. The van der Waals surface area contributed by atoms with Crippen molar-refractivity contribution in [2.75, 3.05) is 21.9 Å². The standard InChI is InChI=1S/C16H14Cl2N2O3S/c17-11-3-1-4-12(9-11)19-16(21)14-10-13(5-6-15(14)18)20-7-2-8-24(20,22)23/h1,3-6,9-10H,2,7-8H2,(H,19,21). The molecule has 0 saturated carbocycles. The van der Waals surface area contributed by atoms with Crippen LogP contribution in [0.15, 0.2) is 42.5 Å². The van der Waals surface area contributed by atoms with E-state index in [2.05, 4.69) is 5.32 Å². The summed E-state index contributed by atoms with van der Waals surface area (Å²) in [5.41, 5.74) is 1.17. The van der Waals surface area contributed by atoms with Gasteiger partial charge in [-0.2, -0.15) is 0 Å². The number of carbonyl (C=O) groups is 1. The molecule has 0 unspecified atom stereocenters. The van der Waals surface area contributed by atoms with Crippen LogP contribution in [-0.4, -0.2) is 26.6 Å². The number of hydrogen-bond donors (Lipinski definition) is 1. The number of amides is 1.